The lowest BCUT2D eigenvalue weighted by Gasteiger charge is -2.07. The molecule has 1 N–H and O–H groups in total. The van der Waals surface area contributed by atoms with Crippen molar-refractivity contribution in [1.82, 2.24) is 5.43 Å². The summed E-state index contributed by atoms with van der Waals surface area (Å²) >= 11 is 5.95. The van der Waals surface area contributed by atoms with Crippen LogP contribution < -0.4 is 10.2 Å². The van der Waals surface area contributed by atoms with Gasteiger partial charge in [0.25, 0.3) is 0 Å². The normalized spacial score (nSPS) is 11.0. The van der Waals surface area contributed by atoms with Gasteiger partial charge in [-0.2, -0.15) is 5.10 Å². The van der Waals surface area contributed by atoms with Crippen molar-refractivity contribution in [1.29, 1.82) is 0 Å². The molecule has 0 aliphatic carbocycles. The van der Waals surface area contributed by atoms with Crippen LogP contribution in [0.1, 0.15) is 31.4 Å². The van der Waals surface area contributed by atoms with E-state index in [2.05, 4.69) is 10.5 Å². The van der Waals surface area contributed by atoms with Crippen LogP contribution in [0.3, 0.4) is 0 Å². The first kappa shape index (κ1) is 18.0. The monoisotopic (exact) mass is 344 g/mol. The minimum atomic E-state index is -0.0808. The van der Waals surface area contributed by atoms with Crippen LogP contribution in [0.15, 0.2) is 53.6 Å². The van der Waals surface area contributed by atoms with E-state index in [1.165, 1.54) is 0 Å². The summed E-state index contributed by atoms with van der Waals surface area (Å²) in [6, 6.07) is 15.1. The predicted molar refractivity (Wildman–Crippen MR) is 97.4 cm³/mol. The van der Waals surface area contributed by atoms with Gasteiger partial charge in [-0.05, 0) is 53.4 Å². The highest BCUT2D eigenvalue weighted by Gasteiger charge is 2.02. The lowest BCUT2D eigenvalue weighted by molar-refractivity contribution is -0.121. The van der Waals surface area contributed by atoms with Crippen LogP contribution in [0, 0.1) is 5.92 Å². The van der Waals surface area contributed by atoms with Gasteiger partial charge in [-0.25, -0.2) is 5.43 Å². The van der Waals surface area contributed by atoms with E-state index in [9.17, 15) is 4.79 Å². The minimum Gasteiger partial charge on any atom is -0.489 e. The molecule has 0 spiro atoms. The van der Waals surface area contributed by atoms with Crippen LogP contribution in [0.25, 0.3) is 0 Å². The second kappa shape index (κ2) is 9.08. The van der Waals surface area contributed by atoms with E-state index in [4.69, 9.17) is 16.3 Å². The Labute approximate surface area is 147 Å². The summed E-state index contributed by atoms with van der Waals surface area (Å²) in [5, 5.41) is 4.64. The van der Waals surface area contributed by atoms with Crippen molar-refractivity contribution >= 4 is 23.7 Å². The zero-order valence-electron chi connectivity index (χ0n) is 13.8. The molecule has 0 radical (unpaired) electrons. The van der Waals surface area contributed by atoms with E-state index in [1.54, 1.807) is 6.21 Å². The van der Waals surface area contributed by atoms with E-state index < -0.39 is 0 Å². The molecule has 0 fully saturated rings. The molecule has 5 heteroatoms. The fourth-order valence-corrected chi connectivity index (χ4v) is 2.25. The number of hydrogen-bond donors (Lipinski definition) is 1. The zero-order valence-corrected chi connectivity index (χ0v) is 14.6. The Morgan fingerprint density at radius 3 is 2.67 bits per heavy atom. The molecule has 0 aromatic heterocycles. The number of benzene rings is 2. The molecular weight excluding hydrogens is 324 g/mol. The number of hydrogen-bond acceptors (Lipinski definition) is 3. The average Bonchev–Trinajstić information content (AvgIpc) is 2.53. The van der Waals surface area contributed by atoms with Gasteiger partial charge in [-0.3, -0.25) is 4.79 Å². The van der Waals surface area contributed by atoms with E-state index >= 15 is 0 Å². The van der Waals surface area contributed by atoms with Gasteiger partial charge in [0.05, 0.1) is 6.21 Å². The van der Waals surface area contributed by atoms with Gasteiger partial charge in [-0.1, -0.05) is 37.6 Å². The summed E-state index contributed by atoms with van der Waals surface area (Å²) in [6.07, 6.45) is 2.08. The fraction of sp³-hybridized carbons (Fsp3) is 0.263. The molecule has 0 heterocycles. The van der Waals surface area contributed by atoms with Gasteiger partial charge >= 0.3 is 0 Å². The molecule has 4 nitrogen and oxygen atoms in total. The molecule has 1 amide bonds. The largest absolute Gasteiger partial charge is 0.489 e. The third kappa shape index (κ3) is 6.42. The van der Waals surface area contributed by atoms with E-state index in [1.807, 2.05) is 62.4 Å². The van der Waals surface area contributed by atoms with E-state index in [-0.39, 0.29) is 5.91 Å². The molecule has 126 valence electrons. The minimum absolute atomic E-state index is 0.0808. The number of rotatable bonds is 7. The van der Waals surface area contributed by atoms with Crippen molar-refractivity contribution < 1.29 is 9.53 Å². The van der Waals surface area contributed by atoms with Crippen LogP contribution in [0.2, 0.25) is 5.02 Å². The number of hydrazone groups is 1. The molecule has 2 rings (SSSR count). The number of carbonyl (C=O) groups is 1. The summed E-state index contributed by atoms with van der Waals surface area (Å²) in [6.45, 7) is 4.44. The van der Waals surface area contributed by atoms with Crippen LogP contribution in [-0.4, -0.2) is 12.1 Å². The van der Waals surface area contributed by atoms with Gasteiger partial charge in [0.2, 0.25) is 5.91 Å². The SMILES string of the molecule is CC(C)CC(=O)N/N=C\c1ccc(OCc2cccc(Cl)c2)cc1. The van der Waals surface area contributed by atoms with E-state index in [0.29, 0.717) is 24.0 Å². The number of amides is 1. The Balaban J connectivity index is 1.83. The van der Waals surface area contributed by atoms with Gasteiger partial charge in [-0.15, -0.1) is 0 Å². The van der Waals surface area contributed by atoms with Crippen molar-refractivity contribution in [2.75, 3.05) is 0 Å². The third-order valence-corrected chi connectivity index (χ3v) is 3.41. The Morgan fingerprint density at radius 1 is 1.25 bits per heavy atom. The van der Waals surface area contributed by atoms with Gasteiger partial charge in [0, 0.05) is 11.4 Å². The summed E-state index contributed by atoms with van der Waals surface area (Å²) in [7, 11) is 0. The standard InChI is InChI=1S/C19H21ClN2O2/c1-14(2)10-19(23)22-21-12-15-6-8-18(9-7-15)24-13-16-4-3-5-17(20)11-16/h3-9,11-12,14H,10,13H2,1-2H3,(H,22,23)/b21-12-. The molecular formula is C19H21ClN2O2. The van der Waals surface area contributed by atoms with Crippen LogP contribution in [0.4, 0.5) is 0 Å². The highest BCUT2D eigenvalue weighted by atomic mass is 35.5. The quantitative estimate of drug-likeness (QED) is 0.597. The first-order chi connectivity index (χ1) is 11.5. The molecule has 0 aliphatic heterocycles. The average molecular weight is 345 g/mol. The Bertz CT molecular complexity index is 697. The highest BCUT2D eigenvalue weighted by Crippen LogP contribution is 2.15. The maximum Gasteiger partial charge on any atom is 0.240 e. The number of nitrogens with one attached hydrogen (secondary N) is 1. The highest BCUT2D eigenvalue weighted by molar-refractivity contribution is 6.30. The first-order valence-electron chi connectivity index (χ1n) is 7.82. The second-order valence-electron chi connectivity index (χ2n) is 5.88. The Kier molecular flexibility index (Phi) is 6.82. The van der Waals surface area contributed by atoms with Crippen molar-refractivity contribution in [2.24, 2.45) is 11.0 Å². The predicted octanol–water partition coefficient (Wildman–Crippen LogP) is 4.42. The second-order valence-corrected chi connectivity index (χ2v) is 6.32. The van der Waals surface area contributed by atoms with E-state index in [0.717, 1.165) is 16.9 Å². The topological polar surface area (TPSA) is 50.7 Å². The number of halogens is 1. The maximum absolute atomic E-state index is 11.5. The summed E-state index contributed by atoms with van der Waals surface area (Å²) in [5.41, 5.74) is 4.41. The zero-order chi connectivity index (χ0) is 17.4. The van der Waals surface area contributed by atoms with Crippen LogP contribution in [-0.2, 0) is 11.4 Å². The lowest BCUT2D eigenvalue weighted by atomic mass is 10.1. The maximum atomic E-state index is 11.5. The summed E-state index contributed by atoms with van der Waals surface area (Å²) in [4.78, 5) is 11.5. The number of carbonyl (C=O) groups excluding carboxylic acids is 1. The molecule has 0 unspecified atom stereocenters. The van der Waals surface area contributed by atoms with Crippen LogP contribution in [0.5, 0.6) is 5.75 Å². The van der Waals surface area contributed by atoms with Crippen molar-refractivity contribution in [2.45, 2.75) is 26.9 Å². The summed E-state index contributed by atoms with van der Waals surface area (Å²) in [5.74, 6) is 0.995. The lowest BCUT2D eigenvalue weighted by Crippen LogP contribution is -2.19. The smallest absolute Gasteiger partial charge is 0.240 e. The van der Waals surface area contributed by atoms with Crippen molar-refractivity contribution in [3.63, 3.8) is 0 Å². The fourth-order valence-electron chi connectivity index (χ4n) is 2.04. The molecule has 0 bridgehead atoms. The Hall–Kier alpha value is -2.33. The molecule has 2 aromatic rings. The molecule has 0 saturated carbocycles. The molecule has 2 aromatic carbocycles. The van der Waals surface area contributed by atoms with Gasteiger partial charge in [0.1, 0.15) is 12.4 Å². The van der Waals surface area contributed by atoms with Crippen molar-refractivity contribution in [3.05, 3.63) is 64.7 Å². The Morgan fingerprint density at radius 2 is 2.00 bits per heavy atom. The first-order valence-corrected chi connectivity index (χ1v) is 8.20. The van der Waals surface area contributed by atoms with Crippen molar-refractivity contribution in [3.8, 4) is 5.75 Å². The molecule has 0 saturated heterocycles. The molecule has 24 heavy (non-hydrogen) atoms. The van der Waals surface area contributed by atoms with Gasteiger partial charge < -0.3 is 4.74 Å². The number of ether oxygens (including phenoxy) is 1. The molecule has 0 atom stereocenters. The van der Waals surface area contributed by atoms with Crippen LogP contribution >= 0.6 is 11.6 Å². The summed E-state index contributed by atoms with van der Waals surface area (Å²) < 4.78 is 5.72. The molecule has 0 aliphatic rings. The third-order valence-electron chi connectivity index (χ3n) is 3.17. The van der Waals surface area contributed by atoms with Gasteiger partial charge in [0.15, 0.2) is 0 Å². The number of nitrogens with zero attached hydrogens (tertiary/aromatic N) is 1.